The maximum Gasteiger partial charge on any atom is 0.330 e. The molecule has 1 aliphatic rings. The molecule has 0 N–H and O–H groups in total. The summed E-state index contributed by atoms with van der Waals surface area (Å²) in [5.41, 5.74) is 2.01. The lowest BCUT2D eigenvalue weighted by Crippen LogP contribution is -2.15. The number of ketones is 1. The molecule has 0 saturated carbocycles. The van der Waals surface area contributed by atoms with E-state index in [1.165, 1.54) is 6.08 Å². The summed E-state index contributed by atoms with van der Waals surface area (Å²) in [5, 5.41) is 0. The van der Waals surface area contributed by atoms with Gasteiger partial charge in [0, 0.05) is 12.5 Å². The lowest BCUT2D eigenvalue weighted by Gasteiger charge is -2.20. The van der Waals surface area contributed by atoms with Gasteiger partial charge in [0.15, 0.2) is 5.78 Å². The number of rotatable bonds is 3. The summed E-state index contributed by atoms with van der Waals surface area (Å²) >= 11 is 0. The summed E-state index contributed by atoms with van der Waals surface area (Å²) < 4.78 is 4.84. The van der Waals surface area contributed by atoms with E-state index >= 15 is 0 Å². The van der Waals surface area contributed by atoms with Crippen molar-refractivity contribution < 1.29 is 14.3 Å². The highest BCUT2D eigenvalue weighted by molar-refractivity contribution is 5.92. The molecule has 0 radical (unpaired) electrons. The van der Waals surface area contributed by atoms with Crippen LogP contribution >= 0.6 is 0 Å². The molecule has 1 atom stereocenters. The molecule has 0 amide bonds. The van der Waals surface area contributed by atoms with Gasteiger partial charge in [-0.2, -0.15) is 0 Å². The molecule has 1 rings (SSSR count). The van der Waals surface area contributed by atoms with Gasteiger partial charge in [-0.25, -0.2) is 4.79 Å². The van der Waals surface area contributed by atoms with Crippen molar-refractivity contribution >= 4 is 11.8 Å². The maximum absolute atomic E-state index is 11.4. The van der Waals surface area contributed by atoms with E-state index in [9.17, 15) is 9.59 Å². The van der Waals surface area contributed by atoms with Crippen molar-refractivity contribution in [1.29, 1.82) is 0 Å². The Labute approximate surface area is 96.2 Å². The normalized spacial score (nSPS) is 21.7. The molecule has 0 spiro atoms. The smallest absolute Gasteiger partial charge is 0.330 e. The third-order valence-electron chi connectivity index (χ3n) is 2.70. The van der Waals surface area contributed by atoms with Gasteiger partial charge in [0.2, 0.25) is 0 Å². The van der Waals surface area contributed by atoms with Crippen LogP contribution in [-0.4, -0.2) is 18.4 Å². The fourth-order valence-corrected chi connectivity index (χ4v) is 1.91. The number of carbonyl (C=O) groups excluding carboxylic acids is 2. The number of carbonyl (C=O) groups is 2. The van der Waals surface area contributed by atoms with Crippen LogP contribution in [0.5, 0.6) is 0 Å². The highest BCUT2D eigenvalue weighted by atomic mass is 16.5. The van der Waals surface area contributed by atoms with Crippen LogP contribution in [0.3, 0.4) is 0 Å². The molecule has 1 aliphatic carbocycles. The molecule has 3 nitrogen and oxygen atoms in total. The van der Waals surface area contributed by atoms with E-state index < -0.39 is 0 Å². The van der Waals surface area contributed by atoms with E-state index in [1.807, 2.05) is 13.8 Å². The van der Waals surface area contributed by atoms with E-state index in [4.69, 9.17) is 4.74 Å². The first-order chi connectivity index (χ1) is 7.52. The zero-order chi connectivity index (χ0) is 12.1. The van der Waals surface area contributed by atoms with Crippen LogP contribution in [0.15, 0.2) is 23.3 Å². The average Bonchev–Trinajstić information content (AvgIpc) is 2.16. The van der Waals surface area contributed by atoms with Crippen LogP contribution in [0.2, 0.25) is 0 Å². The third-order valence-corrected chi connectivity index (χ3v) is 2.70. The van der Waals surface area contributed by atoms with E-state index in [0.29, 0.717) is 13.0 Å². The minimum atomic E-state index is -0.320. The Kier molecular flexibility index (Phi) is 4.47. The molecule has 0 aliphatic heterocycles. The Balaban J connectivity index is 2.68. The molecule has 3 heteroatoms. The first kappa shape index (κ1) is 12.7. The standard InChI is InChI=1S/C13H18O3/c1-4-16-13(15)7-10(3)11-5-9(2)6-12(14)8-11/h6-7,11H,4-5,8H2,1-3H3/b10-7-/t11-/m1/s1. The molecule has 0 saturated heterocycles. The predicted octanol–water partition coefficient (Wildman–Crippen LogP) is 2.42. The number of ether oxygens (including phenoxy) is 1. The lowest BCUT2D eigenvalue weighted by molar-refractivity contribution is -0.137. The van der Waals surface area contributed by atoms with Crippen LogP contribution in [0.4, 0.5) is 0 Å². The predicted molar refractivity (Wildman–Crippen MR) is 61.9 cm³/mol. The van der Waals surface area contributed by atoms with Gasteiger partial charge >= 0.3 is 5.97 Å². The van der Waals surface area contributed by atoms with Crippen molar-refractivity contribution in [3.8, 4) is 0 Å². The van der Waals surface area contributed by atoms with Crippen LogP contribution in [-0.2, 0) is 14.3 Å². The van der Waals surface area contributed by atoms with Gasteiger partial charge in [-0.1, -0.05) is 11.1 Å². The molecule has 0 fully saturated rings. The van der Waals surface area contributed by atoms with Gasteiger partial charge in [0.1, 0.15) is 0 Å². The first-order valence-electron chi connectivity index (χ1n) is 5.58. The number of hydrogen-bond donors (Lipinski definition) is 0. The van der Waals surface area contributed by atoms with Gasteiger partial charge in [-0.3, -0.25) is 4.79 Å². The third kappa shape index (κ3) is 3.65. The Hall–Kier alpha value is -1.38. The first-order valence-corrected chi connectivity index (χ1v) is 5.58. The molecular formula is C13H18O3. The summed E-state index contributed by atoms with van der Waals surface area (Å²) in [7, 11) is 0. The van der Waals surface area contributed by atoms with Gasteiger partial charge in [0.05, 0.1) is 6.61 Å². The second-order valence-corrected chi connectivity index (χ2v) is 4.20. The van der Waals surface area contributed by atoms with Gasteiger partial charge in [-0.05, 0) is 39.2 Å². The van der Waals surface area contributed by atoms with Crippen molar-refractivity contribution in [1.82, 2.24) is 0 Å². The van der Waals surface area contributed by atoms with Crippen molar-refractivity contribution in [2.24, 2.45) is 5.92 Å². The van der Waals surface area contributed by atoms with Crippen molar-refractivity contribution in [2.45, 2.75) is 33.6 Å². The zero-order valence-electron chi connectivity index (χ0n) is 10.1. The van der Waals surface area contributed by atoms with E-state index in [0.717, 1.165) is 17.6 Å². The van der Waals surface area contributed by atoms with Crippen LogP contribution in [0.25, 0.3) is 0 Å². The highest BCUT2D eigenvalue weighted by Crippen LogP contribution is 2.27. The van der Waals surface area contributed by atoms with Crippen molar-refractivity contribution in [3.05, 3.63) is 23.3 Å². The molecule has 16 heavy (non-hydrogen) atoms. The van der Waals surface area contributed by atoms with Gasteiger partial charge < -0.3 is 4.74 Å². The summed E-state index contributed by atoms with van der Waals surface area (Å²) in [4.78, 5) is 22.6. The topological polar surface area (TPSA) is 43.4 Å². The Bertz CT molecular complexity index is 350. The molecule has 0 unspecified atom stereocenters. The van der Waals surface area contributed by atoms with Crippen molar-refractivity contribution in [3.63, 3.8) is 0 Å². The Morgan fingerprint density at radius 2 is 2.25 bits per heavy atom. The molecule has 0 heterocycles. The minimum Gasteiger partial charge on any atom is -0.463 e. The van der Waals surface area contributed by atoms with Gasteiger partial charge in [-0.15, -0.1) is 0 Å². The molecule has 88 valence electrons. The molecule has 0 bridgehead atoms. The molecule has 0 aromatic carbocycles. The second kappa shape index (κ2) is 5.64. The molecular weight excluding hydrogens is 204 g/mol. The van der Waals surface area contributed by atoms with Crippen molar-refractivity contribution in [2.75, 3.05) is 6.61 Å². The fourth-order valence-electron chi connectivity index (χ4n) is 1.91. The summed E-state index contributed by atoms with van der Waals surface area (Å²) in [6.45, 7) is 5.98. The fraction of sp³-hybridized carbons (Fsp3) is 0.538. The van der Waals surface area contributed by atoms with Crippen LogP contribution < -0.4 is 0 Å². The van der Waals surface area contributed by atoms with E-state index in [2.05, 4.69) is 0 Å². The van der Waals surface area contributed by atoms with Gasteiger partial charge in [0.25, 0.3) is 0 Å². The molecule has 0 aromatic heterocycles. The zero-order valence-corrected chi connectivity index (χ0v) is 10.1. The van der Waals surface area contributed by atoms with Crippen LogP contribution in [0.1, 0.15) is 33.6 Å². The number of hydrogen-bond acceptors (Lipinski definition) is 3. The molecule has 0 aromatic rings. The number of allylic oxidation sites excluding steroid dienone is 3. The minimum absolute atomic E-state index is 0.144. The largest absolute Gasteiger partial charge is 0.463 e. The van der Waals surface area contributed by atoms with E-state index in [-0.39, 0.29) is 17.7 Å². The Morgan fingerprint density at radius 3 is 2.81 bits per heavy atom. The second-order valence-electron chi connectivity index (χ2n) is 4.20. The SMILES string of the molecule is CCOC(=O)/C=C(/C)[C@H]1CC(=O)C=C(C)C1. The average molecular weight is 222 g/mol. The van der Waals surface area contributed by atoms with Crippen LogP contribution in [0, 0.1) is 5.92 Å². The van der Waals surface area contributed by atoms with E-state index in [1.54, 1.807) is 13.0 Å². The Morgan fingerprint density at radius 1 is 1.56 bits per heavy atom. The summed E-state index contributed by atoms with van der Waals surface area (Å²) in [6.07, 6.45) is 4.54. The lowest BCUT2D eigenvalue weighted by atomic mass is 9.84. The highest BCUT2D eigenvalue weighted by Gasteiger charge is 2.20. The maximum atomic E-state index is 11.4. The quantitative estimate of drug-likeness (QED) is 0.544. The summed E-state index contributed by atoms with van der Waals surface area (Å²) in [6, 6.07) is 0. The monoisotopic (exact) mass is 222 g/mol. The summed E-state index contributed by atoms with van der Waals surface area (Å²) in [5.74, 6) is -0.0214. The number of esters is 1.